The molecule has 1 atom stereocenters. The fourth-order valence-corrected chi connectivity index (χ4v) is 1.67. The van der Waals surface area contributed by atoms with Gasteiger partial charge in [0.15, 0.2) is 0 Å². The second-order valence-corrected chi connectivity index (χ2v) is 4.59. The summed E-state index contributed by atoms with van der Waals surface area (Å²) in [6.45, 7) is 7.38. The van der Waals surface area contributed by atoms with Crippen molar-refractivity contribution in [3.8, 4) is 0 Å². The summed E-state index contributed by atoms with van der Waals surface area (Å²) in [7, 11) is 0. The Morgan fingerprint density at radius 3 is 2.33 bits per heavy atom. The summed E-state index contributed by atoms with van der Waals surface area (Å²) in [6.07, 6.45) is 0. The molecule has 18 heavy (non-hydrogen) atoms. The molecule has 1 rings (SSSR count). The number of hydrogen-bond donors (Lipinski definition) is 1. The molecule has 0 aromatic heterocycles. The normalized spacial score (nSPS) is 13.0. The molecule has 0 aliphatic rings. The van der Waals surface area contributed by atoms with Crippen LogP contribution in [0.5, 0.6) is 0 Å². The first-order chi connectivity index (χ1) is 8.56. The molecule has 102 valence electrons. The van der Waals surface area contributed by atoms with E-state index in [1.54, 1.807) is 0 Å². The quantitative estimate of drug-likeness (QED) is 0.810. The summed E-state index contributed by atoms with van der Waals surface area (Å²) in [4.78, 5) is 0. The molecule has 2 nitrogen and oxygen atoms in total. The van der Waals surface area contributed by atoms with E-state index in [1.165, 1.54) is 18.2 Å². The van der Waals surface area contributed by atoms with Crippen LogP contribution in [0.1, 0.15) is 26.3 Å². The molecule has 1 N–H and O–H groups in total. The van der Waals surface area contributed by atoms with E-state index < -0.39 is 11.6 Å². The van der Waals surface area contributed by atoms with Crippen molar-refractivity contribution >= 4 is 0 Å². The molecule has 0 fully saturated rings. The third-order valence-corrected chi connectivity index (χ3v) is 2.91. The number of rotatable bonds is 7. The number of hydrogen-bond acceptors (Lipinski definition) is 2. The lowest BCUT2D eigenvalue weighted by atomic mass is 10.0. The predicted molar refractivity (Wildman–Crippen MR) is 68.3 cm³/mol. The topological polar surface area (TPSA) is 21.3 Å². The van der Waals surface area contributed by atoms with Crippen LogP contribution in [-0.4, -0.2) is 19.3 Å². The van der Waals surface area contributed by atoms with Crippen LogP contribution in [0.3, 0.4) is 0 Å². The summed E-state index contributed by atoms with van der Waals surface area (Å²) < 4.78 is 32.2. The fourth-order valence-electron chi connectivity index (χ4n) is 1.67. The Kier molecular flexibility index (Phi) is 6.22. The number of halogens is 2. The van der Waals surface area contributed by atoms with Crippen LogP contribution < -0.4 is 5.32 Å². The molecule has 0 aliphatic carbocycles. The van der Waals surface area contributed by atoms with Crippen molar-refractivity contribution in [3.63, 3.8) is 0 Å². The van der Waals surface area contributed by atoms with Gasteiger partial charge in [-0.25, -0.2) is 8.78 Å². The monoisotopic (exact) mass is 257 g/mol. The average Bonchev–Trinajstić information content (AvgIpc) is 2.31. The van der Waals surface area contributed by atoms with Gasteiger partial charge in [-0.2, -0.15) is 0 Å². The molecular formula is C14H21F2NO. The Bertz CT molecular complexity index is 349. The Labute approximate surface area is 107 Å². The van der Waals surface area contributed by atoms with Gasteiger partial charge in [0.2, 0.25) is 0 Å². The lowest BCUT2D eigenvalue weighted by molar-refractivity contribution is 0.107. The van der Waals surface area contributed by atoms with Gasteiger partial charge in [-0.05, 0) is 25.0 Å². The Morgan fingerprint density at radius 2 is 1.83 bits per heavy atom. The van der Waals surface area contributed by atoms with Gasteiger partial charge in [0.25, 0.3) is 0 Å². The molecule has 1 aromatic rings. The lowest BCUT2D eigenvalue weighted by Crippen LogP contribution is -2.38. The first kappa shape index (κ1) is 15.1. The van der Waals surface area contributed by atoms with Gasteiger partial charge in [0.1, 0.15) is 11.6 Å². The van der Waals surface area contributed by atoms with Gasteiger partial charge in [-0.3, -0.25) is 0 Å². The van der Waals surface area contributed by atoms with Crippen LogP contribution in [0, 0.1) is 17.6 Å². The molecule has 1 unspecified atom stereocenters. The van der Waals surface area contributed by atoms with Gasteiger partial charge in [0.05, 0.1) is 6.61 Å². The van der Waals surface area contributed by atoms with Crippen LogP contribution in [0.2, 0.25) is 0 Å². The molecule has 0 spiro atoms. The second-order valence-electron chi connectivity index (χ2n) is 4.59. The van der Waals surface area contributed by atoms with E-state index in [4.69, 9.17) is 4.74 Å². The molecule has 0 bridgehead atoms. The molecule has 4 heteroatoms. The molecule has 0 amide bonds. The third kappa shape index (κ3) is 4.35. The maximum atomic E-state index is 13.4. The van der Waals surface area contributed by atoms with Crippen molar-refractivity contribution in [2.45, 2.75) is 33.4 Å². The lowest BCUT2D eigenvalue weighted by Gasteiger charge is -2.22. The molecule has 0 aliphatic heterocycles. The molecular weight excluding hydrogens is 236 g/mol. The van der Waals surface area contributed by atoms with Crippen molar-refractivity contribution in [1.82, 2.24) is 5.32 Å². The highest BCUT2D eigenvalue weighted by Crippen LogP contribution is 2.13. The first-order valence-corrected chi connectivity index (χ1v) is 6.30. The standard InChI is InChI=1S/C14H21F2NO/c1-4-18-9-14(10(2)3)17-8-11-12(15)6-5-7-13(11)16/h5-7,10,14,17H,4,8-9H2,1-3H3. The van der Waals surface area contributed by atoms with Crippen LogP contribution >= 0.6 is 0 Å². The van der Waals surface area contributed by atoms with E-state index in [0.717, 1.165) is 0 Å². The number of benzene rings is 1. The zero-order chi connectivity index (χ0) is 13.5. The van der Waals surface area contributed by atoms with Crippen molar-refractivity contribution in [2.24, 2.45) is 5.92 Å². The smallest absolute Gasteiger partial charge is 0.130 e. The largest absolute Gasteiger partial charge is 0.380 e. The highest BCUT2D eigenvalue weighted by atomic mass is 19.1. The van der Waals surface area contributed by atoms with E-state index in [0.29, 0.717) is 19.1 Å². The minimum absolute atomic E-state index is 0.0830. The SMILES string of the molecule is CCOCC(NCc1c(F)cccc1F)C(C)C. The van der Waals surface area contributed by atoms with Crippen LogP contribution in [0.15, 0.2) is 18.2 Å². The van der Waals surface area contributed by atoms with Crippen molar-refractivity contribution < 1.29 is 13.5 Å². The van der Waals surface area contributed by atoms with E-state index in [-0.39, 0.29) is 18.2 Å². The molecule has 0 heterocycles. The minimum Gasteiger partial charge on any atom is -0.380 e. The maximum absolute atomic E-state index is 13.4. The first-order valence-electron chi connectivity index (χ1n) is 6.30. The van der Waals surface area contributed by atoms with Gasteiger partial charge in [0, 0.05) is 24.8 Å². The highest BCUT2D eigenvalue weighted by molar-refractivity contribution is 5.19. The number of nitrogens with one attached hydrogen (secondary N) is 1. The summed E-state index contributed by atoms with van der Waals surface area (Å²) in [5, 5.41) is 3.15. The van der Waals surface area contributed by atoms with Crippen molar-refractivity contribution in [3.05, 3.63) is 35.4 Å². The van der Waals surface area contributed by atoms with E-state index in [1.807, 2.05) is 20.8 Å². The van der Waals surface area contributed by atoms with Gasteiger partial charge < -0.3 is 10.1 Å². The zero-order valence-electron chi connectivity index (χ0n) is 11.2. The third-order valence-electron chi connectivity index (χ3n) is 2.91. The minimum atomic E-state index is -0.513. The van der Waals surface area contributed by atoms with Crippen molar-refractivity contribution in [1.29, 1.82) is 0 Å². The predicted octanol–water partition coefficient (Wildman–Crippen LogP) is 3.12. The van der Waals surface area contributed by atoms with E-state index in [9.17, 15) is 8.78 Å². The van der Waals surface area contributed by atoms with Crippen LogP contribution in [0.4, 0.5) is 8.78 Å². The summed E-state index contributed by atoms with van der Waals surface area (Å²) >= 11 is 0. The molecule has 0 saturated heterocycles. The Balaban J connectivity index is 2.61. The Hall–Kier alpha value is -1.00. The molecule has 0 saturated carbocycles. The summed E-state index contributed by atoms with van der Waals surface area (Å²) in [6, 6.07) is 4.00. The second kappa shape index (κ2) is 7.44. The van der Waals surface area contributed by atoms with Gasteiger partial charge in [-0.15, -0.1) is 0 Å². The summed E-state index contributed by atoms with van der Waals surface area (Å²) in [5.41, 5.74) is 0.0830. The maximum Gasteiger partial charge on any atom is 0.130 e. The zero-order valence-corrected chi connectivity index (χ0v) is 11.2. The Morgan fingerprint density at radius 1 is 1.22 bits per heavy atom. The van der Waals surface area contributed by atoms with E-state index in [2.05, 4.69) is 5.32 Å². The average molecular weight is 257 g/mol. The van der Waals surface area contributed by atoms with Crippen LogP contribution in [-0.2, 0) is 11.3 Å². The molecule has 1 aromatic carbocycles. The van der Waals surface area contributed by atoms with E-state index >= 15 is 0 Å². The highest BCUT2D eigenvalue weighted by Gasteiger charge is 2.15. The van der Waals surface area contributed by atoms with Gasteiger partial charge in [-0.1, -0.05) is 19.9 Å². The van der Waals surface area contributed by atoms with Crippen LogP contribution in [0.25, 0.3) is 0 Å². The molecule has 0 radical (unpaired) electrons. The van der Waals surface area contributed by atoms with Crippen molar-refractivity contribution in [2.75, 3.05) is 13.2 Å². The van der Waals surface area contributed by atoms with Gasteiger partial charge >= 0.3 is 0 Å². The summed E-state index contributed by atoms with van der Waals surface area (Å²) in [5.74, 6) is -0.686. The number of ether oxygens (including phenoxy) is 1. The fraction of sp³-hybridized carbons (Fsp3) is 0.571.